The van der Waals surface area contributed by atoms with E-state index in [0.717, 1.165) is 12.8 Å². The van der Waals surface area contributed by atoms with Crippen LogP contribution in [-0.2, 0) is 20.9 Å². The first-order chi connectivity index (χ1) is 9.32. The molecule has 0 saturated carbocycles. The highest BCUT2D eigenvalue weighted by Gasteiger charge is 2.33. The highest BCUT2D eigenvalue weighted by molar-refractivity contribution is 8.09. The number of hydrogen-bond donors (Lipinski definition) is 1. The molecule has 1 heterocycles. The maximum absolute atomic E-state index is 5.77. The summed E-state index contributed by atoms with van der Waals surface area (Å²) < 4.78 is 11.4. The molecule has 0 bridgehead atoms. The molecule has 1 aliphatic rings. The number of hydrogen-bond acceptors (Lipinski definition) is 3. The topological polar surface area (TPSA) is 30.5 Å². The Morgan fingerprint density at radius 1 is 1.40 bits per heavy atom. The Kier molecular flexibility index (Phi) is 7.63. The maximum Gasteiger partial charge on any atom is 0.261 e. The van der Waals surface area contributed by atoms with Crippen molar-refractivity contribution >= 4 is 18.4 Å². The molecule has 116 valence electrons. The van der Waals surface area contributed by atoms with Gasteiger partial charge in [-0.1, -0.05) is 37.1 Å². The Hall–Kier alpha value is 0.01000. The van der Waals surface area contributed by atoms with Gasteiger partial charge in [-0.25, -0.2) is 5.09 Å². The average molecular weight is 317 g/mol. The molecule has 2 atom stereocenters. The van der Waals surface area contributed by atoms with Gasteiger partial charge < -0.3 is 9.05 Å². The molecule has 1 aliphatic heterocycles. The lowest BCUT2D eigenvalue weighted by atomic mass is 10.1. The van der Waals surface area contributed by atoms with E-state index in [1.807, 2.05) is 0 Å². The SMILES string of the molecule is CC(C)=CCC/C(C)=C/COP1(=S)N[C@@H](C(C)C)CO1. The van der Waals surface area contributed by atoms with Gasteiger partial charge in [-0.05, 0) is 51.3 Å². The minimum atomic E-state index is -2.25. The Morgan fingerprint density at radius 3 is 2.65 bits per heavy atom. The van der Waals surface area contributed by atoms with E-state index in [1.165, 1.54) is 11.1 Å². The van der Waals surface area contributed by atoms with Crippen LogP contribution >= 0.6 is 6.64 Å². The first-order valence-corrected chi connectivity index (χ1v) is 9.92. The van der Waals surface area contributed by atoms with E-state index < -0.39 is 6.64 Å². The predicted octanol–water partition coefficient (Wildman–Crippen LogP) is 4.56. The summed E-state index contributed by atoms with van der Waals surface area (Å²) in [6.45, 7) is 9.67. The van der Waals surface area contributed by atoms with Gasteiger partial charge in [0, 0.05) is 6.04 Å². The summed E-state index contributed by atoms with van der Waals surface area (Å²) in [6, 6.07) is 0.323. The molecular weight excluding hydrogens is 289 g/mol. The second kappa shape index (κ2) is 8.45. The van der Waals surface area contributed by atoms with Gasteiger partial charge in [-0.15, -0.1) is 0 Å². The molecule has 1 unspecified atom stereocenters. The summed E-state index contributed by atoms with van der Waals surface area (Å²) in [4.78, 5) is 0. The molecule has 0 spiro atoms. The van der Waals surface area contributed by atoms with Gasteiger partial charge in [0.05, 0.1) is 13.2 Å². The molecule has 3 nitrogen and oxygen atoms in total. The molecular formula is C15H28NO2PS. The van der Waals surface area contributed by atoms with Gasteiger partial charge >= 0.3 is 0 Å². The molecule has 1 rings (SSSR count). The number of rotatable bonds is 7. The summed E-state index contributed by atoms with van der Waals surface area (Å²) in [5, 5.41) is 3.34. The lowest BCUT2D eigenvalue weighted by molar-refractivity contribution is 0.277. The zero-order valence-electron chi connectivity index (χ0n) is 13.3. The highest BCUT2D eigenvalue weighted by atomic mass is 32.5. The third-order valence-corrected chi connectivity index (χ3v) is 5.89. The van der Waals surface area contributed by atoms with E-state index >= 15 is 0 Å². The van der Waals surface area contributed by atoms with E-state index in [0.29, 0.717) is 25.2 Å². The molecule has 5 heteroatoms. The lowest BCUT2D eigenvalue weighted by Gasteiger charge is -2.17. The fourth-order valence-electron chi connectivity index (χ4n) is 1.84. The van der Waals surface area contributed by atoms with Crippen LogP contribution in [0.4, 0.5) is 0 Å². The maximum atomic E-state index is 5.77. The van der Waals surface area contributed by atoms with Gasteiger partial charge in [0.1, 0.15) is 0 Å². The first-order valence-electron chi connectivity index (χ1n) is 7.28. The van der Waals surface area contributed by atoms with E-state index in [-0.39, 0.29) is 0 Å². The van der Waals surface area contributed by atoms with Crippen LogP contribution in [-0.4, -0.2) is 19.3 Å². The minimum absolute atomic E-state index is 0.323. The van der Waals surface area contributed by atoms with Crippen molar-refractivity contribution in [3.8, 4) is 0 Å². The summed E-state index contributed by atoms with van der Waals surface area (Å²) >= 11 is 5.45. The zero-order valence-corrected chi connectivity index (χ0v) is 15.0. The van der Waals surface area contributed by atoms with Gasteiger partial charge in [0.25, 0.3) is 6.64 Å². The zero-order chi connectivity index (χ0) is 15.2. The van der Waals surface area contributed by atoms with Crippen LogP contribution in [0, 0.1) is 5.92 Å². The van der Waals surface area contributed by atoms with Crippen LogP contribution in [0.2, 0.25) is 0 Å². The number of nitrogens with one attached hydrogen (secondary N) is 1. The van der Waals surface area contributed by atoms with E-state index in [1.54, 1.807) is 0 Å². The van der Waals surface area contributed by atoms with Crippen molar-refractivity contribution in [2.24, 2.45) is 5.92 Å². The first kappa shape index (κ1) is 18.1. The monoisotopic (exact) mass is 317 g/mol. The smallest absolute Gasteiger partial charge is 0.261 e. The fraction of sp³-hybridized carbons (Fsp3) is 0.733. The molecule has 0 amide bonds. The largest absolute Gasteiger partial charge is 0.316 e. The standard InChI is InChI=1S/C15H28NO2PS/c1-12(2)7-6-8-14(5)9-10-17-19(20)16-15(11-18-19)13(3)4/h7,9,13,15H,6,8,10-11H2,1-5H3,(H,16,20)/b14-9+/t15-,19?/m1/s1. The van der Waals surface area contributed by atoms with E-state index in [2.05, 4.69) is 51.9 Å². The Morgan fingerprint density at radius 2 is 2.10 bits per heavy atom. The molecule has 0 aliphatic carbocycles. The summed E-state index contributed by atoms with van der Waals surface area (Å²) in [6.07, 6.45) is 6.53. The van der Waals surface area contributed by atoms with Gasteiger partial charge in [-0.2, -0.15) is 0 Å². The van der Waals surface area contributed by atoms with Gasteiger partial charge in [0.2, 0.25) is 0 Å². The van der Waals surface area contributed by atoms with E-state index in [4.69, 9.17) is 20.9 Å². The highest BCUT2D eigenvalue weighted by Crippen LogP contribution is 2.49. The van der Waals surface area contributed by atoms with Crippen molar-refractivity contribution in [3.05, 3.63) is 23.3 Å². The molecule has 20 heavy (non-hydrogen) atoms. The fourth-order valence-corrected chi connectivity index (χ4v) is 4.24. The lowest BCUT2D eigenvalue weighted by Crippen LogP contribution is -2.27. The second-order valence-electron chi connectivity index (χ2n) is 5.94. The Balaban J connectivity index is 2.33. The van der Waals surface area contributed by atoms with Crippen LogP contribution < -0.4 is 5.09 Å². The third kappa shape index (κ3) is 6.64. The molecule has 0 aromatic carbocycles. The van der Waals surface area contributed by atoms with Crippen molar-refractivity contribution in [1.82, 2.24) is 5.09 Å². The average Bonchev–Trinajstić information content (AvgIpc) is 2.72. The van der Waals surface area contributed by atoms with E-state index in [9.17, 15) is 0 Å². The Labute approximate surface area is 129 Å². The van der Waals surface area contributed by atoms with Crippen LogP contribution in [0.25, 0.3) is 0 Å². The van der Waals surface area contributed by atoms with Crippen LogP contribution in [0.5, 0.6) is 0 Å². The third-order valence-electron chi connectivity index (χ3n) is 3.32. The van der Waals surface area contributed by atoms with Crippen LogP contribution in [0.15, 0.2) is 23.3 Å². The van der Waals surface area contributed by atoms with Gasteiger partial charge in [-0.3, -0.25) is 0 Å². The van der Waals surface area contributed by atoms with Crippen LogP contribution in [0.3, 0.4) is 0 Å². The minimum Gasteiger partial charge on any atom is -0.316 e. The molecule has 1 N–H and O–H groups in total. The van der Waals surface area contributed by atoms with Crippen molar-refractivity contribution in [2.45, 2.75) is 53.5 Å². The van der Waals surface area contributed by atoms with Crippen molar-refractivity contribution < 1.29 is 9.05 Å². The Bertz CT molecular complexity index is 414. The van der Waals surface area contributed by atoms with Crippen molar-refractivity contribution in [1.29, 1.82) is 0 Å². The number of allylic oxidation sites excluding steroid dienone is 3. The quantitative estimate of drug-likeness (QED) is 0.550. The molecule has 0 radical (unpaired) electrons. The summed E-state index contributed by atoms with van der Waals surface area (Å²) in [7, 11) is 0. The molecule has 0 aromatic rings. The molecule has 1 fully saturated rings. The van der Waals surface area contributed by atoms with Crippen LogP contribution in [0.1, 0.15) is 47.5 Å². The van der Waals surface area contributed by atoms with Crippen molar-refractivity contribution in [3.63, 3.8) is 0 Å². The second-order valence-corrected chi connectivity index (χ2v) is 9.15. The molecule has 0 aromatic heterocycles. The van der Waals surface area contributed by atoms with Crippen molar-refractivity contribution in [2.75, 3.05) is 13.2 Å². The summed E-state index contributed by atoms with van der Waals surface area (Å²) in [5.74, 6) is 0.518. The predicted molar refractivity (Wildman–Crippen MR) is 90.4 cm³/mol. The normalized spacial score (nSPS) is 27.1. The molecule has 1 saturated heterocycles. The summed E-state index contributed by atoms with van der Waals surface area (Å²) in [5.41, 5.74) is 2.71. The van der Waals surface area contributed by atoms with Gasteiger partial charge in [0.15, 0.2) is 0 Å².